The molecule has 1 fully saturated rings. The number of furan rings is 1. The van der Waals surface area contributed by atoms with Crippen molar-refractivity contribution in [3.8, 4) is 0 Å². The lowest BCUT2D eigenvalue weighted by Crippen LogP contribution is -2.27. The fourth-order valence-electron chi connectivity index (χ4n) is 2.50. The molecule has 1 aliphatic rings. The van der Waals surface area contributed by atoms with Gasteiger partial charge >= 0.3 is 0 Å². The fraction of sp³-hybridized carbons (Fsp3) is 0.312. The van der Waals surface area contributed by atoms with Crippen LogP contribution in [0.25, 0.3) is 0 Å². The minimum atomic E-state index is -3.67. The van der Waals surface area contributed by atoms with Gasteiger partial charge < -0.3 is 9.73 Å². The number of sulfonamides is 1. The van der Waals surface area contributed by atoms with E-state index in [1.807, 2.05) is 6.92 Å². The van der Waals surface area contributed by atoms with Gasteiger partial charge in [0.1, 0.15) is 0 Å². The van der Waals surface area contributed by atoms with Gasteiger partial charge in [-0.05, 0) is 49.6 Å². The first-order chi connectivity index (χ1) is 11.4. The zero-order chi connectivity index (χ0) is 17.3. The Morgan fingerprint density at radius 2 is 1.92 bits per heavy atom. The zero-order valence-electron chi connectivity index (χ0n) is 13.1. The summed E-state index contributed by atoms with van der Waals surface area (Å²) in [5.41, 5.74) is 1.41. The van der Waals surface area contributed by atoms with E-state index < -0.39 is 15.9 Å². The molecular formula is C16H17ClN2O4S. The zero-order valence-corrected chi connectivity index (χ0v) is 14.7. The van der Waals surface area contributed by atoms with Crippen molar-refractivity contribution in [1.82, 2.24) is 4.31 Å². The van der Waals surface area contributed by atoms with E-state index in [0.717, 1.165) is 18.4 Å². The molecule has 128 valence electrons. The third-order valence-corrected chi connectivity index (χ3v) is 6.07. The van der Waals surface area contributed by atoms with Crippen molar-refractivity contribution in [3.63, 3.8) is 0 Å². The van der Waals surface area contributed by atoms with E-state index in [4.69, 9.17) is 16.0 Å². The van der Waals surface area contributed by atoms with Crippen LogP contribution in [0.3, 0.4) is 0 Å². The number of anilines is 1. The lowest BCUT2D eigenvalue weighted by Gasteiger charge is -2.12. The third kappa shape index (κ3) is 3.33. The largest absolute Gasteiger partial charge is 0.438 e. The van der Waals surface area contributed by atoms with Crippen LogP contribution in [0.1, 0.15) is 29.0 Å². The van der Waals surface area contributed by atoms with Gasteiger partial charge in [-0.15, -0.1) is 0 Å². The summed E-state index contributed by atoms with van der Waals surface area (Å²) in [6, 6.07) is 7.78. The molecule has 0 saturated carbocycles. The highest BCUT2D eigenvalue weighted by Crippen LogP contribution is 2.24. The molecule has 1 aromatic carbocycles. The highest BCUT2D eigenvalue weighted by Gasteiger charge is 2.30. The molecule has 8 heteroatoms. The Labute approximate surface area is 145 Å². The maximum atomic E-state index is 12.4. The van der Waals surface area contributed by atoms with Crippen LogP contribution >= 0.6 is 11.6 Å². The summed E-state index contributed by atoms with van der Waals surface area (Å²) in [6.45, 7) is 2.81. The Morgan fingerprint density at radius 1 is 1.21 bits per heavy atom. The van der Waals surface area contributed by atoms with Crippen molar-refractivity contribution in [1.29, 1.82) is 0 Å². The van der Waals surface area contributed by atoms with E-state index in [1.165, 1.54) is 16.4 Å². The molecule has 0 aliphatic carbocycles. The second kappa shape index (κ2) is 6.58. The number of nitrogens with one attached hydrogen (secondary N) is 1. The van der Waals surface area contributed by atoms with E-state index in [1.54, 1.807) is 18.2 Å². The quantitative estimate of drug-likeness (QED) is 0.898. The number of benzene rings is 1. The molecule has 1 saturated heterocycles. The summed E-state index contributed by atoms with van der Waals surface area (Å²) in [6.07, 6.45) is 1.67. The van der Waals surface area contributed by atoms with Crippen LogP contribution < -0.4 is 5.32 Å². The number of carbonyl (C=O) groups excluding carboxylic acids is 1. The average molecular weight is 369 g/mol. The molecular weight excluding hydrogens is 352 g/mol. The van der Waals surface area contributed by atoms with E-state index in [-0.39, 0.29) is 10.9 Å². The number of aryl methyl sites for hydroxylation is 1. The second-order valence-electron chi connectivity index (χ2n) is 5.65. The Morgan fingerprint density at radius 3 is 2.58 bits per heavy atom. The van der Waals surface area contributed by atoms with Crippen molar-refractivity contribution in [3.05, 3.63) is 46.7 Å². The Balaban J connectivity index is 1.77. The highest BCUT2D eigenvalue weighted by molar-refractivity contribution is 7.89. The summed E-state index contributed by atoms with van der Waals surface area (Å²) in [5, 5.41) is 2.96. The molecule has 6 nitrogen and oxygen atoms in total. The smallest absolute Gasteiger partial charge is 0.291 e. The number of amides is 1. The van der Waals surface area contributed by atoms with Crippen LogP contribution in [0.4, 0.5) is 5.69 Å². The second-order valence-corrected chi connectivity index (χ2v) is 7.92. The topological polar surface area (TPSA) is 79.6 Å². The first-order valence-corrected chi connectivity index (χ1v) is 9.37. The first-order valence-electron chi connectivity index (χ1n) is 7.55. The van der Waals surface area contributed by atoms with Crippen LogP contribution in [0.2, 0.25) is 5.02 Å². The molecule has 1 amide bonds. The molecule has 1 N–H and O–H groups in total. The molecule has 1 aromatic heterocycles. The lowest BCUT2D eigenvalue weighted by atomic mass is 10.2. The monoisotopic (exact) mass is 368 g/mol. The number of hydrogen-bond acceptors (Lipinski definition) is 4. The minimum Gasteiger partial charge on any atom is -0.438 e. The van der Waals surface area contributed by atoms with Gasteiger partial charge in [-0.2, -0.15) is 4.31 Å². The summed E-state index contributed by atoms with van der Waals surface area (Å²) < 4.78 is 31.4. The van der Waals surface area contributed by atoms with Crippen LogP contribution in [-0.4, -0.2) is 31.7 Å². The molecule has 0 unspecified atom stereocenters. The Bertz CT molecular complexity index is 870. The molecule has 24 heavy (non-hydrogen) atoms. The molecule has 3 rings (SSSR count). The van der Waals surface area contributed by atoms with Crippen molar-refractivity contribution in [2.45, 2.75) is 24.9 Å². The number of hydrogen-bond donors (Lipinski definition) is 1. The molecule has 1 aliphatic heterocycles. The predicted octanol–water partition coefficient (Wildman–Crippen LogP) is 3.28. The normalized spacial score (nSPS) is 15.6. The first kappa shape index (κ1) is 17.0. The number of rotatable bonds is 4. The number of nitrogens with zero attached hydrogens (tertiary/aromatic N) is 1. The van der Waals surface area contributed by atoms with E-state index >= 15 is 0 Å². The van der Waals surface area contributed by atoms with Crippen LogP contribution in [0, 0.1) is 6.92 Å². The van der Waals surface area contributed by atoms with E-state index in [2.05, 4.69) is 5.32 Å². The van der Waals surface area contributed by atoms with Crippen LogP contribution in [-0.2, 0) is 10.0 Å². The maximum Gasteiger partial charge on any atom is 0.291 e. The van der Waals surface area contributed by atoms with Gasteiger partial charge in [0, 0.05) is 23.8 Å². The predicted molar refractivity (Wildman–Crippen MR) is 90.8 cm³/mol. The third-order valence-electron chi connectivity index (χ3n) is 3.89. The summed E-state index contributed by atoms with van der Waals surface area (Å²) in [7, 11) is -3.67. The van der Waals surface area contributed by atoms with Crippen LogP contribution in [0.15, 0.2) is 39.8 Å². The summed E-state index contributed by atoms with van der Waals surface area (Å²) >= 11 is 6.02. The van der Waals surface area contributed by atoms with Gasteiger partial charge in [0.15, 0.2) is 5.76 Å². The highest BCUT2D eigenvalue weighted by atomic mass is 35.5. The van der Waals surface area contributed by atoms with Gasteiger partial charge in [-0.3, -0.25) is 4.79 Å². The molecule has 0 bridgehead atoms. The van der Waals surface area contributed by atoms with Crippen LogP contribution in [0.5, 0.6) is 0 Å². The van der Waals surface area contributed by atoms with Gasteiger partial charge in [-0.25, -0.2) is 8.42 Å². The van der Waals surface area contributed by atoms with Crippen molar-refractivity contribution in [2.24, 2.45) is 0 Å². The number of halogens is 1. The number of carbonyl (C=O) groups is 1. The van der Waals surface area contributed by atoms with Crippen molar-refractivity contribution in [2.75, 3.05) is 18.4 Å². The summed E-state index contributed by atoms with van der Waals surface area (Å²) in [4.78, 5) is 12.2. The summed E-state index contributed by atoms with van der Waals surface area (Å²) in [5.74, 6) is -0.595. The van der Waals surface area contributed by atoms with Gasteiger partial charge in [0.2, 0.25) is 5.09 Å². The van der Waals surface area contributed by atoms with E-state index in [9.17, 15) is 13.2 Å². The average Bonchev–Trinajstić information content (AvgIpc) is 3.22. The fourth-order valence-corrected chi connectivity index (χ4v) is 4.11. The lowest BCUT2D eigenvalue weighted by molar-refractivity contribution is 0.0991. The maximum absolute atomic E-state index is 12.4. The Hall–Kier alpha value is -1.83. The SMILES string of the molecule is Cc1ccc(NC(=O)c2ccc(S(=O)(=O)N3CCCC3)o2)cc1Cl. The van der Waals surface area contributed by atoms with Gasteiger partial charge in [0.05, 0.1) is 0 Å². The molecule has 2 aromatic rings. The standard InChI is InChI=1S/C16H17ClN2O4S/c1-11-4-5-12(10-13(11)17)18-16(20)14-6-7-15(23-14)24(21,22)19-8-2-3-9-19/h4-7,10H,2-3,8-9H2,1H3,(H,18,20). The van der Waals surface area contributed by atoms with Crippen molar-refractivity contribution < 1.29 is 17.6 Å². The molecule has 0 spiro atoms. The van der Waals surface area contributed by atoms with E-state index in [0.29, 0.717) is 23.8 Å². The van der Waals surface area contributed by atoms with Gasteiger partial charge in [0.25, 0.3) is 15.9 Å². The molecule has 0 radical (unpaired) electrons. The van der Waals surface area contributed by atoms with Gasteiger partial charge in [-0.1, -0.05) is 17.7 Å². The minimum absolute atomic E-state index is 0.0653. The van der Waals surface area contributed by atoms with Crippen molar-refractivity contribution >= 4 is 33.2 Å². The molecule has 2 heterocycles. The molecule has 0 atom stereocenters. The Kier molecular flexibility index (Phi) is 4.67.